The number of rotatable bonds is 4. The Morgan fingerprint density at radius 2 is 1.75 bits per heavy atom. The Labute approximate surface area is 72.8 Å². The van der Waals surface area contributed by atoms with Crippen molar-refractivity contribution in [2.75, 3.05) is 0 Å². The van der Waals surface area contributed by atoms with Gasteiger partial charge in [-0.2, -0.15) is 0 Å². The fourth-order valence-corrected chi connectivity index (χ4v) is 1.07. The van der Waals surface area contributed by atoms with E-state index in [1.165, 1.54) is 13.8 Å². The van der Waals surface area contributed by atoms with E-state index in [9.17, 15) is 4.79 Å². The van der Waals surface area contributed by atoms with Crippen LogP contribution in [0.1, 0.15) is 33.6 Å². The standard InChI is InChI=1S/C8H17NO3/c1-4-5-8(12)9(6(2)10)7(3)11/h6-7,10-11H,4-5H2,1-3H3. The summed E-state index contributed by atoms with van der Waals surface area (Å²) in [5, 5.41) is 18.2. The van der Waals surface area contributed by atoms with E-state index in [2.05, 4.69) is 0 Å². The van der Waals surface area contributed by atoms with Gasteiger partial charge in [0.05, 0.1) is 0 Å². The topological polar surface area (TPSA) is 60.8 Å². The van der Waals surface area contributed by atoms with Crippen LogP contribution in [0, 0.1) is 0 Å². The van der Waals surface area contributed by atoms with Crippen LogP contribution in [0.25, 0.3) is 0 Å². The van der Waals surface area contributed by atoms with Crippen molar-refractivity contribution in [3.8, 4) is 0 Å². The molecule has 0 aliphatic heterocycles. The van der Waals surface area contributed by atoms with Crippen LogP contribution in [0.3, 0.4) is 0 Å². The van der Waals surface area contributed by atoms with Gasteiger partial charge in [0.15, 0.2) is 0 Å². The molecule has 0 aromatic carbocycles. The highest BCUT2D eigenvalue weighted by molar-refractivity contribution is 5.76. The Bertz CT molecular complexity index is 137. The van der Waals surface area contributed by atoms with Crippen molar-refractivity contribution in [3.05, 3.63) is 0 Å². The van der Waals surface area contributed by atoms with Gasteiger partial charge in [-0.1, -0.05) is 6.92 Å². The van der Waals surface area contributed by atoms with Gasteiger partial charge in [0, 0.05) is 6.42 Å². The minimum Gasteiger partial charge on any atom is -0.374 e. The Morgan fingerprint density at radius 3 is 2.00 bits per heavy atom. The van der Waals surface area contributed by atoms with E-state index in [1.54, 1.807) is 0 Å². The van der Waals surface area contributed by atoms with Gasteiger partial charge >= 0.3 is 0 Å². The second-order valence-corrected chi connectivity index (χ2v) is 2.81. The van der Waals surface area contributed by atoms with Crippen molar-refractivity contribution in [2.24, 2.45) is 0 Å². The molecule has 4 heteroatoms. The molecule has 2 unspecified atom stereocenters. The number of nitrogens with zero attached hydrogens (tertiary/aromatic N) is 1. The average molecular weight is 175 g/mol. The number of hydrogen-bond acceptors (Lipinski definition) is 3. The van der Waals surface area contributed by atoms with Crippen LogP contribution < -0.4 is 0 Å². The van der Waals surface area contributed by atoms with Gasteiger partial charge in [-0.25, -0.2) is 0 Å². The zero-order valence-electron chi connectivity index (χ0n) is 7.82. The fourth-order valence-electron chi connectivity index (χ4n) is 1.07. The Morgan fingerprint density at radius 1 is 1.33 bits per heavy atom. The van der Waals surface area contributed by atoms with E-state index >= 15 is 0 Å². The van der Waals surface area contributed by atoms with Crippen LogP contribution in [0.5, 0.6) is 0 Å². The molecule has 0 saturated heterocycles. The van der Waals surface area contributed by atoms with E-state index in [4.69, 9.17) is 10.2 Å². The second-order valence-electron chi connectivity index (χ2n) is 2.81. The van der Waals surface area contributed by atoms with Crippen LogP contribution in [0.4, 0.5) is 0 Å². The first kappa shape index (κ1) is 11.4. The summed E-state index contributed by atoms with van der Waals surface area (Å²) in [5.74, 6) is -0.220. The first-order valence-electron chi connectivity index (χ1n) is 4.18. The van der Waals surface area contributed by atoms with Crippen LogP contribution in [-0.4, -0.2) is 33.5 Å². The van der Waals surface area contributed by atoms with Crippen molar-refractivity contribution in [1.29, 1.82) is 0 Å². The average Bonchev–Trinajstić information content (AvgIpc) is 1.85. The molecule has 2 atom stereocenters. The lowest BCUT2D eigenvalue weighted by atomic mass is 10.3. The van der Waals surface area contributed by atoms with Crippen molar-refractivity contribution in [1.82, 2.24) is 4.90 Å². The number of aliphatic hydroxyl groups is 2. The third-order valence-corrected chi connectivity index (χ3v) is 1.56. The molecule has 0 heterocycles. The van der Waals surface area contributed by atoms with E-state index < -0.39 is 12.5 Å². The van der Waals surface area contributed by atoms with Gasteiger partial charge in [0.25, 0.3) is 0 Å². The molecule has 2 N–H and O–H groups in total. The van der Waals surface area contributed by atoms with Gasteiger partial charge in [-0.05, 0) is 20.3 Å². The molecule has 0 aromatic heterocycles. The molecule has 12 heavy (non-hydrogen) atoms. The van der Waals surface area contributed by atoms with E-state index in [0.29, 0.717) is 6.42 Å². The molecule has 4 nitrogen and oxygen atoms in total. The molecular formula is C8H17NO3. The molecule has 0 fully saturated rings. The van der Waals surface area contributed by atoms with Crippen LogP contribution in [-0.2, 0) is 4.79 Å². The first-order chi connectivity index (χ1) is 5.50. The number of carbonyl (C=O) groups is 1. The summed E-state index contributed by atoms with van der Waals surface area (Å²) in [5.41, 5.74) is 0. The molecule has 0 spiro atoms. The summed E-state index contributed by atoms with van der Waals surface area (Å²) in [7, 11) is 0. The fraction of sp³-hybridized carbons (Fsp3) is 0.875. The maximum Gasteiger partial charge on any atom is 0.226 e. The summed E-state index contributed by atoms with van der Waals surface area (Å²) in [4.78, 5) is 12.3. The smallest absolute Gasteiger partial charge is 0.226 e. The number of aliphatic hydroxyl groups excluding tert-OH is 2. The van der Waals surface area contributed by atoms with Crippen LogP contribution in [0.15, 0.2) is 0 Å². The molecule has 0 bridgehead atoms. The maximum atomic E-state index is 11.2. The summed E-state index contributed by atoms with van der Waals surface area (Å²) >= 11 is 0. The molecule has 0 aromatic rings. The Balaban J connectivity index is 4.20. The molecule has 0 saturated carbocycles. The van der Waals surface area contributed by atoms with Gasteiger partial charge in [-0.15, -0.1) is 0 Å². The Hall–Kier alpha value is -0.610. The lowest BCUT2D eigenvalue weighted by Gasteiger charge is -2.28. The zero-order chi connectivity index (χ0) is 9.72. The molecule has 0 aliphatic rings. The van der Waals surface area contributed by atoms with Gasteiger partial charge in [0.1, 0.15) is 12.5 Å². The highest BCUT2D eigenvalue weighted by atomic mass is 16.3. The number of hydrogen-bond donors (Lipinski definition) is 2. The molecule has 0 rings (SSSR count). The van der Waals surface area contributed by atoms with E-state index in [0.717, 1.165) is 11.3 Å². The highest BCUT2D eigenvalue weighted by Gasteiger charge is 2.21. The van der Waals surface area contributed by atoms with Crippen molar-refractivity contribution in [3.63, 3.8) is 0 Å². The maximum absolute atomic E-state index is 11.2. The molecule has 1 amide bonds. The molecule has 0 aliphatic carbocycles. The van der Waals surface area contributed by atoms with Crippen molar-refractivity contribution in [2.45, 2.75) is 46.1 Å². The summed E-state index contributed by atoms with van der Waals surface area (Å²) in [6, 6.07) is 0. The van der Waals surface area contributed by atoms with E-state index in [-0.39, 0.29) is 5.91 Å². The molecular weight excluding hydrogens is 158 g/mol. The number of amides is 1. The quantitative estimate of drug-likeness (QED) is 0.604. The lowest BCUT2D eigenvalue weighted by Crippen LogP contribution is -2.44. The third kappa shape index (κ3) is 3.19. The number of carbonyl (C=O) groups excluding carboxylic acids is 1. The minimum absolute atomic E-state index is 0.220. The van der Waals surface area contributed by atoms with Gasteiger partial charge in [-0.3, -0.25) is 9.69 Å². The van der Waals surface area contributed by atoms with Crippen LogP contribution >= 0.6 is 0 Å². The normalized spacial score (nSPS) is 15.4. The van der Waals surface area contributed by atoms with Gasteiger partial charge < -0.3 is 10.2 Å². The predicted molar refractivity (Wildman–Crippen MR) is 45.1 cm³/mol. The molecule has 72 valence electrons. The minimum atomic E-state index is -0.927. The second kappa shape index (κ2) is 5.11. The summed E-state index contributed by atoms with van der Waals surface area (Å²) in [6.07, 6.45) is -0.780. The van der Waals surface area contributed by atoms with E-state index in [1.807, 2.05) is 6.92 Å². The first-order valence-corrected chi connectivity index (χ1v) is 4.18. The lowest BCUT2D eigenvalue weighted by molar-refractivity contribution is -0.156. The van der Waals surface area contributed by atoms with Crippen molar-refractivity contribution >= 4 is 5.91 Å². The van der Waals surface area contributed by atoms with Crippen molar-refractivity contribution < 1.29 is 15.0 Å². The summed E-state index contributed by atoms with van der Waals surface area (Å²) in [6.45, 7) is 4.79. The highest BCUT2D eigenvalue weighted by Crippen LogP contribution is 2.05. The zero-order valence-corrected chi connectivity index (χ0v) is 7.82. The van der Waals surface area contributed by atoms with Crippen LogP contribution in [0.2, 0.25) is 0 Å². The predicted octanol–water partition coefficient (Wildman–Crippen LogP) is 0.292. The Kier molecular flexibility index (Phi) is 4.85. The largest absolute Gasteiger partial charge is 0.374 e. The molecule has 0 radical (unpaired) electrons. The van der Waals surface area contributed by atoms with Gasteiger partial charge in [0.2, 0.25) is 5.91 Å². The monoisotopic (exact) mass is 175 g/mol. The summed E-state index contributed by atoms with van der Waals surface area (Å²) < 4.78 is 0. The SMILES string of the molecule is CCCC(=O)N(C(C)O)C(C)O. The third-order valence-electron chi connectivity index (χ3n) is 1.56.